The third-order valence-electron chi connectivity index (χ3n) is 3.39. The molecule has 2 aromatic rings. The largest absolute Gasteiger partial charge is 0.376 e. The van der Waals surface area contributed by atoms with E-state index in [0.717, 1.165) is 24.4 Å². The molecule has 1 N–H and O–H groups in total. The molecule has 0 amide bonds. The highest BCUT2D eigenvalue weighted by Gasteiger charge is 2.28. The smallest absolute Gasteiger partial charge is 0.279 e. The third kappa shape index (κ3) is 1.33. The van der Waals surface area contributed by atoms with Crippen LogP contribution in [0, 0.1) is 0 Å². The zero-order valence-electron chi connectivity index (χ0n) is 9.27. The Kier molecular flexibility index (Phi) is 1.74. The van der Waals surface area contributed by atoms with E-state index in [4.69, 9.17) is 4.74 Å². The number of nitrogens with zero attached hydrogens (tertiary/aromatic N) is 3. The van der Waals surface area contributed by atoms with Crippen molar-refractivity contribution in [3.63, 3.8) is 0 Å². The van der Waals surface area contributed by atoms with E-state index in [-0.39, 0.29) is 5.56 Å². The van der Waals surface area contributed by atoms with Gasteiger partial charge in [-0.2, -0.15) is 9.50 Å². The summed E-state index contributed by atoms with van der Waals surface area (Å²) >= 11 is 0. The van der Waals surface area contributed by atoms with Crippen LogP contribution in [-0.4, -0.2) is 26.2 Å². The molecular formula is C11H12N4O2. The van der Waals surface area contributed by atoms with E-state index in [1.54, 1.807) is 0 Å². The summed E-state index contributed by atoms with van der Waals surface area (Å²) in [5, 5.41) is 3.05. The average molecular weight is 232 g/mol. The van der Waals surface area contributed by atoms with Crippen molar-refractivity contribution in [1.82, 2.24) is 19.6 Å². The van der Waals surface area contributed by atoms with Gasteiger partial charge in [-0.05, 0) is 12.8 Å². The predicted octanol–water partition coefficient (Wildman–Crippen LogP) is 0.368. The molecule has 6 nitrogen and oxygen atoms in total. The van der Waals surface area contributed by atoms with Crippen molar-refractivity contribution in [2.24, 2.45) is 0 Å². The first-order valence-corrected chi connectivity index (χ1v) is 5.91. The Morgan fingerprint density at radius 3 is 3.06 bits per heavy atom. The average Bonchev–Trinajstić information content (AvgIpc) is 3.11. The normalized spacial score (nSPS) is 19.5. The topological polar surface area (TPSA) is 72.3 Å². The van der Waals surface area contributed by atoms with Gasteiger partial charge in [0.25, 0.3) is 11.3 Å². The predicted molar refractivity (Wildman–Crippen MR) is 58.9 cm³/mol. The van der Waals surface area contributed by atoms with Gasteiger partial charge in [-0.25, -0.2) is 4.98 Å². The van der Waals surface area contributed by atoms with Gasteiger partial charge in [0.05, 0.1) is 24.5 Å². The van der Waals surface area contributed by atoms with Gasteiger partial charge in [-0.3, -0.25) is 9.89 Å². The van der Waals surface area contributed by atoms with Crippen molar-refractivity contribution in [2.75, 3.05) is 6.61 Å². The van der Waals surface area contributed by atoms with E-state index < -0.39 is 0 Å². The molecule has 1 saturated carbocycles. The highest BCUT2D eigenvalue weighted by molar-refractivity contribution is 5.34. The molecule has 2 aromatic heterocycles. The minimum absolute atomic E-state index is 0.0656. The number of rotatable bonds is 1. The SMILES string of the molecule is O=c1c2c(nc3nc(C4CC4)[nH]n13)CCOC2. The number of nitrogens with one attached hydrogen (secondary N) is 1. The Balaban J connectivity index is 1.99. The summed E-state index contributed by atoms with van der Waals surface area (Å²) in [5.74, 6) is 1.87. The van der Waals surface area contributed by atoms with Crippen LogP contribution in [-0.2, 0) is 17.8 Å². The molecule has 1 aliphatic heterocycles. The van der Waals surface area contributed by atoms with Crippen molar-refractivity contribution >= 4 is 5.78 Å². The minimum atomic E-state index is -0.0656. The zero-order chi connectivity index (χ0) is 11.4. The highest BCUT2D eigenvalue weighted by Crippen LogP contribution is 2.37. The molecule has 0 unspecified atom stereocenters. The second-order valence-electron chi connectivity index (χ2n) is 4.66. The third-order valence-corrected chi connectivity index (χ3v) is 3.39. The van der Waals surface area contributed by atoms with Crippen LogP contribution in [0.25, 0.3) is 5.78 Å². The lowest BCUT2D eigenvalue weighted by atomic mass is 10.1. The van der Waals surface area contributed by atoms with Gasteiger partial charge in [0.1, 0.15) is 5.82 Å². The monoisotopic (exact) mass is 232 g/mol. The fourth-order valence-corrected chi connectivity index (χ4v) is 2.24. The molecule has 0 radical (unpaired) electrons. The molecule has 2 aliphatic rings. The number of ether oxygens (including phenoxy) is 1. The van der Waals surface area contributed by atoms with Crippen LogP contribution in [0.15, 0.2) is 4.79 Å². The van der Waals surface area contributed by atoms with E-state index in [2.05, 4.69) is 15.1 Å². The Morgan fingerprint density at radius 2 is 2.24 bits per heavy atom. The summed E-state index contributed by atoms with van der Waals surface area (Å²) in [6.45, 7) is 0.997. The Labute approximate surface area is 96.6 Å². The van der Waals surface area contributed by atoms with Gasteiger partial charge in [0, 0.05) is 12.3 Å². The number of H-pyrrole nitrogens is 1. The van der Waals surface area contributed by atoms with Crippen LogP contribution in [0.4, 0.5) is 0 Å². The summed E-state index contributed by atoms with van der Waals surface area (Å²) in [6, 6.07) is 0. The fourth-order valence-electron chi connectivity index (χ4n) is 2.24. The zero-order valence-corrected chi connectivity index (χ0v) is 9.27. The van der Waals surface area contributed by atoms with E-state index in [9.17, 15) is 4.79 Å². The second kappa shape index (κ2) is 3.16. The molecule has 1 fully saturated rings. The Morgan fingerprint density at radius 1 is 1.35 bits per heavy atom. The Bertz CT molecular complexity index is 653. The molecule has 0 atom stereocenters. The standard InChI is InChI=1S/C11H12N4O2/c16-10-7-5-17-4-3-8(7)12-11-13-9(6-1-2-6)14-15(10)11/h6H,1-5H2,(H,12,13,14). The first-order chi connectivity index (χ1) is 8.33. The second-order valence-corrected chi connectivity index (χ2v) is 4.66. The quantitative estimate of drug-likeness (QED) is 0.771. The lowest BCUT2D eigenvalue weighted by Gasteiger charge is -2.13. The van der Waals surface area contributed by atoms with Crippen LogP contribution in [0.3, 0.4) is 0 Å². The molecule has 0 spiro atoms. The van der Waals surface area contributed by atoms with Gasteiger partial charge in [0.15, 0.2) is 0 Å². The van der Waals surface area contributed by atoms with Gasteiger partial charge in [-0.1, -0.05) is 0 Å². The van der Waals surface area contributed by atoms with E-state index in [1.807, 2.05) is 0 Å². The van der Waals surface area contributed by atoms with Crippen LogP contribution in [0.2, 0.25) is 0 Å². The van der Waals surface area contributed by atoms with Crippen LogP contribution in [0.5, 0.6) is 0 Å². The van der Waals surface area contributed by atoms with Crippen molar-refractivity contribution in [1.29, 1.82) is 0 Å². The molecule has 17 heavy (non-hydrogen) atoms. The van der Waals surface area contributed by atoms with Gasteiger partial charge in [0.2, 0.25) is 0 Å². The molecular weight excluding hydrogens is 220 g/mol. The van der Waals surface area contributed by atoms with Crippen LogP contribution < -0.4 is 5.56 Å². The number of hydrogen-bond donors (Lipinski definition) is 1. The molecule has 1 aliphatic carbocycles. The number of fused-ring (bicyclic) bond motifs is 2. The molecule has 0 bridgehead atoms. The van der Waals surface area contributed by atoms with E-state index in [1.165, 1.54) is 4.52 Å². The van der Waals surface area contributed by atoms with Gasteiger partial charge < -0.3 is 4.74 Å². The van der Waals surface area contributed by atoms with Crippen molar-refractivity contribution < 1.29 is 4.74 Å². The van der Waals surface area contributed by atoms with Crippen LogP contribution >= 0.6 is 0 Å². The minimum Gasteiger partial charge on any atom is -0.376 e. The summed E-state index contributed by atoms with van der Waals surface area (Å²) in [7, 11) is 0. The maximum Gasteiger partial charge on any atom is 0.279 e. The maximum absolute atomic E-state index is 12.2. The van der Waals surface area contributed by atoms with Crippen molar-refractivity contribution in [3.05, 3.63) is 27.4 Å². The summed E-state index contributed by atoms with van der Waals surface area (Å²) < 4.78 is 6.75. The van der Waals surface area contributed by atoms with Gasteiger partial charge in [-0.15, -0.1) is 0 Å². The van der Waals surface area contributed by atoms with E-state index >= 15 is 0 Å². The van der Waals surface area contributed by atoms with Crippen molar-refractivity contribution in [3.8, 4) is 0 Å². The van der Waals surface area contributed by atoms with Gasteiger partial charge >= 0.3 is 0 Å². The molecule has 4 rings (SSSR count). The maximum atomic E-state index is 12.2. The Hall–Kier alpha value is -1.69. The van der Waals surface area contributed by atoms with E-state index in [0.29, 0.717) is 36.9 Å². The first kappa shape index (κ1) is 9.35. The summed E-state index contributed by atoms with van der Waals surface area (Å²) in [6.07, 6.45) is 3.00. The number of aromatic amines is 1. The molecule has 6 heteroatoms. The lowest BCUT2D eigenvalue weighted by molar-refractivity contribution is 0.108. The summed E-state index contributed by atoms with van der Waals surface area (Å²) in [5.41, 5.74) is 1.44. The molecule has 0 saturated heterocycles. The molecule has 0 aromatic carbocycles. The number of hydrogen-bond acceptors (Lipinski definition) is 4. The molecule has 3 heterocycles. The van der Waals surface area contributed by atoms with Crippen LogP contribution in [0.1, 0.15) is 35.8 Å². The molecule has 88 valence electrons. The fraction of sp³-hybridized carbons (Fsp3) is 0.545. The number of aromatic nitrogens is 4. The highest BCUT2D eigenvalue weighted by atomic mass is 16.5. The van der Waals surface area contributed by atoms with Crippen molar-refractivity contribution in [2.45, 2.75) is 31.8 Å². The lowest BCUT2D eigenvalue weighted by Crippen LogP contribution is -2.27. The summed E-state index contributed by atoms with van der Waals surface area (Å²) in [4.78, 5) is 21.0. The first-order valence-electron chi connectivity index (χ1n) is 5.91.